The Balaban J connectivity index is 1.82. The fourth-order valence-corrected chi connectivity index (χ4v) is 2.21. The zero-order chi connectivity index (χ0) is 17.6. The highest BCUT2D eigenvalue weighted by Crippen LogP contribution is 2.36. The maximum absolute atomic E-state index is 12.8. The fourth-order valence-electron chi connectivity index (χ4n) is 1.98. The third-order valence-electron chi connectivity index (χ3n) is 3.12. The summed E-state index contributed by atoms with van der Waals surface area (Å²) >= 11 is 5.53. The number of ether oxygens (including phenoxy) is 1. The second-order valence-corrected chi connectivity index (χ2v) is 5.41. The lowest BCUT2D eigenvalue weighted by Gasteiger charge is -2.12. The maximum atomic E-state index is 12.8. The van der Waals surface area contributed by atoms with Gasteiger partial charge in [-0.25, -0.2) is 0 Å². The number of carbonyl (C=O) groups excluding carboxylic acids is 1. The molecule has 3 nitrogen and oxygen atoms in total. The Labute approximate surface area is 142 Å². The number of hydrogen-bond acceptors (Lipinski definition) is 2. The van der Waals surface area contributed by atoms with Crippen molar-refractivity contribution in [1.29, 1.82) is 0 Å². The molecule has 0 aliphatic heterocycles. The maximum Gasteiger partial charge on any atom is 0.417 e. The van der Waals surface area contributed by atoms with E-state index in [2.05, 4.69) is 5.32 Å². The number of amides is 1. The van der Waals surface area contributed by atoms with Crippen LogP contribution in [-0.4, -0.2) is 12.5 Å². The molecule has 1 N–H and O–H groups in total. The van der Waals surface area contributed by atoms with Crippen LogP contribution in [0.15, 0.2) is 48.5 Å². The van der Waals surface area contributed by atoms with Crippen LogP contribution in [0.4, 0.5) is 18.9 Å². The number of nitrogens with one attached hydrogen (secondary N) is 1. The van der Waals surface area contributed by atoms with E-state index in [4.69, 9.17) is 16.3 Å². The molecule has 0 bridgehead atoms. The Morgan fingerprint density at radius 1 is 1.12 bits per heavy atom. The minimum absolute atomic E-state index is 0.0562. The van der Waals surface area contributed by atoms with Crippen LogP contribution in [-0.2, 0) is 11.0 Å². The van der Waals surface area contributed by atoms with Gasteiger partial charge in [-0.2, -0.15) is 13.2 Å². The summed E-state index contributed by atoms with van der Waals surface area (Å²) in [5.41, 5.74) is -0.921. The van der Waals surface area contributed by atoms with E-state index >= 15 is 0 Å². The predicted molar refractivity (Wildman–Crippen MR) is 86.3 cm³/mol. The van der Waals surface area contributed by atoms with Crippen molar-refractivity contribution in [2.24, 2.45) is 0 Å². The van der Waals surface area contributed by atoms with E-state index in [1.165, 1.54) is 6.07 Å². The van der Waals surface area contributed by atoms with Crippen LogP contribution < -0.4 is 10.1 Å². The molecule has 2 aromatic carbocycles. The van der Waals surface area contributed by atoms with Crippen LogP contribution in [0.3, 0.4) is 0 Å². The van der Waals surface area contributed by atoms with Crippen molar-refractivity contribution in [2.45, 2.75) is 19.0 Å². The molecule has 2 rings (SSSR count). The van der Waals surface area contributed by atoms with Gasteiger partial charge in [0.05, 0.1) is 17.2 Å². The summed E-state index contributed by atoms with van der Waals surface area (Å²) in [6.45, 7) is 0.339. The number of benzene rings is 2. The van der Waals surface area contributed by atoms with Crippen LogP contribution in [0.1, 0.15) is 18.4 Å². The molecule has 24 heavy (non-hydrogen) atoms. The minimum Gasteiger partial charge on any atom is -0.494 e. The lowest BCUT2D eigenvalue weighted by Crippen LogP contribution is -2.14. The van der Waals surface area contributed by atoms with Gasteiger partial charge in [0.25, 0.3) is 0 Å². The highest BCUT2D eigenvalue weighted by molar-refractivity contribution is 6.31. The fraction of sp³-hybridized carbons (Fsp3) is 0.235. The normalized spacial score (nSPS) is 11.2. The monoisotopic (exact) mass is 357 g/mol. The van der Waals surface area contributed by atoms with Crippen LogP contribution in [0.5, 0.6) is 5.75 Å². The molecule has 7 heteroatoms. The summed E-state index contributed by atoms with van der Waals surface area (Å²) in [7, 11) is 0. The highest BCUT2D eigenvalue weighted by Gasteiger charge is 2.33. The zero-order valence-corrected chi connectivity index (χ0v) is 13.3. The van der Waals surface area contributed by atoms with Gasteiger partial charge in [-0.1, -0.05) is 29.8 Å². The molecule has 0 unspecified atom stereocenters. The van der Waals surface area contributed by atoms with E-state index in [0.717, 1.165) is 12.1 Å². The number of alkyl halides is 3. The first-order valence-corrected chi connectivity index (χ1v) is 7.58. The van der Waals surface area contributed by atoms with Crippen LogP contribution in [0.25, 0.3) is 0 Å². The summed E-state index contributed by atoms with van der Waals surface area (Å²) in [6.07, 6.45) is -3.99. The van der Waals surface area contributed by atoms with Crippen molar-refractivity contribution in [1.82, 2.24) is 0 Å². The van der Waals surface area contributed by atoms with Gasteiger partial charge in [-0.05, 0) is 36.8 Å². The largest absolute Gasteiger partial charge is 0.494 e. The molecule has 1 amide bonds. The topological polar surface area (TPSA) is 38.3 Å². The lowest BCUT2D eigenvalue weighted by molar-refractivity contribution is -0.137. The molecule has 0 aliphatic carbocycles. The number of rotatable bonds is 6. The molecule has 0 atom stereocenters. The van der Waals surface area contributed by atoms with Crippen molar-refractivity contribution >= 4 is 23.2 Å². The second-order valence-electron chi connectivity index (χ2n) is 5.01. The molecular formula is C17H15ClF3NO2. The predicted octanol–water partition coefficient (Wildman–Crippen LogP) is 5.16. The molecule has 0 spiro atoms. The summed E-state index contributed by atoms with van der Waals surface area (Å²) in [4.78, 5) is 11.8. The number of hydrogen-bond donors (Lipinski definition) is 1. The van der Waals surface area contributed by atoms with Gasteiger partial charge in [-0.15, -0.1) is 0 Å². The Morgan fingerprint density at radius 3 is 2.50 bits per heavy atom. The Kier molecular flexibility index (Phi) is 6.09. The van der Waals surface area contributed by atoms with Crippen molar-refractivity contribution in [3.63, 3.8) is 0 Å². The molecule has 0 saturated heterocycles. The van der Waals surface area contributed by atoms with Crippen molar-refractivity contribution in [3.8, 4) is 5.75 Å². The molecule has 0 fully saturated rings. The van der Waals surface area contributed by atoms with Gasteiger partial charge in [0, 0.05) is 12.1 Å². The minimum atomic E-state index is -4.57. The number of anilines is 1. The first kappa shape index (κ1) is 18.1. The average Bonchev–Trinajstić information content (AvgIpc) is 2.53. The molecule has 0 heterocycles. The Morgan fingerprint density at radius 2 is 1.83 bits per heavy atom. The SMILES string of the molecule is O=C(CCCOc1ccccc1)Nc1ccc(Cl)c(C(F)(F)F)c1. The first-order chi connectivity index (χ1) is 11.4. The number of halogens is 4. The molecule has 128 valence electrons. The Hall–Kier alpha value is -2.21. The van der Waals surface area contributed by atoms with E-state index in [9.17, 15) is 18.0 Å². The van der Waals surface area contributed by atoms with E-state index in [1.807, 2.05) is 18.2 Å². The van der Waals surface area contributed by atoms with Gasteiger partial charge in [0.1, 0.15) is 5.75 Å². The van der Waals surface area contributed by atoms with E-state index in [-0.39, 0.29) is 18.0 Å². The van der Waals surface area contributed by atoms with Crippen LogP contribution >= 0.6 is 11.6 Å². The Bertz CT molecular complexity index is 690. The first-order valence-electron chi connectivity index (χ1n) is 7.21. The number of carbonyl (C=O) groups is 1. The van der Waals surface area contributed by atoms with Crippen molar-refractivity contribution in [3.05, 3.63) is 59.1 Å². The molecule has 2 aromatic rings. The third kappa shape index (κ3) is 5.45. The van der Waals surface area contributed by atoms with Crippen molar-refractivity contribution in [2.75, 3.05) is 11.9 Å². The molecule has 0 radical (unpaired) electrons. The van der Waals surface area contributed by atoms with Gasteiger partial charge in [0.15, 0.2) is 0 Å². The van der Waals surface area contributed by atoms with Crippen LogP contribution in [0.2, 0.25) is 5.02 Å². The lowest BCUT2D eigenvalue weighted by atomic mass is 10.2. The number of para-hydroxylation sites is 1. The van der Waals surface area contributed by atoms with E-state index in [0.29, 0.717) is 18.8 Å². The summed E-state index contributed by atoms with van der Waals surface area (Å²) < 4.78 is 43.7. The van der Waals surface area contributed by atoms with Crippen LogP contribution in [0, 0.1) is 0 Å². The van der Waals surface area contributed by atoms with Gasteiger partial charge in [0.2, 0.25) is 5.91 Å². The third-order valence-corrected chi connectivity index (χ3v) is 3.45. The quantitative estimate of drug-likeness (QED) is 0.725. The zero-order valence-electron chi connectivity index (χ0n) is 12.6. The van der Waals surface area contributed by atoms with E-state index in [1.54, 1.807) is 12.1 Å². The van der Waals surface area contributed by atoms with Gasteiger partial charge < -0.3 is 10.1 Å². The summed E-state index contributed by atoms with van der Waals surface area (Å²) in [6, 6.07) is 12.4. The average molecular weight is 358 g/mol. The summed E-state index contributed by atoms with van der Waals surface area (Å²) in [5.74, 6) is 0.313. The molecule has 0 aliphatic rings. The standard InChI is InChI=1S/C17H15ClF3NO2/c18-15-9-8-12(11-14(15)17(19,20)21)22-16(23)7-4-10-24-13-5-2-1-3-6-13/h1-3,5-6,8-9,11H,4,7,10H2,(H,22,23). The van der Waals surface area contributed by atoms with E-state index < -0.39 is 16.8 Å². The summed E-state index contributed by atoms with van der Waals surface area (Å²) in [5, 5.41) is 2.02. The molecule has 0 saturated carbocycles. The molecular weight excluding hydrogens is 343 g/mol. The highest BCUT2D eigenvalue weighted by atomic mass is 35.5. The van der Waals surface area contributed by atoms with Gasteiger partial charge >= 0.3 is 6.18 Å². The second kappa shape index (κ2) is 8.06. The smallest absolute Gasteiger partial charge is 0.417 e. The molecule has 0 aromatic heterocycles. The van der Waals surface area contributed by atoms with Crippen molar-refractivity contribution < 1.29 is 22.7 Å². The van der Waals surface area contributed by atoms with Gasteiger partial charge in [-0.3, -0.25) is 4.79 Å².